The molecule has 2 aromatic carbocycles. The molecule has 5 nitrogen and oxygen atoms in total. The summed E-state index contributed by atoms with van der Waals surface area (Å²) in [7, 11) is 2.45. The van der Waals surface area contributed by atoms with Crippen molar-refractivity contribution in [3.63, 3.8) is 0 Å². The van der Waals surface area contributed by atoms with E-state index in [1.807, 2.05) is 0 Å². The van der Waals surface area contributed by atoms with Crippen LogP contribution in [0.15, 0.2) is 41.4 Å². The fourth-order valence-corrected chi connectivity index (χ4v) is 3.39. The minimum Gasteiger partial charge on any atom is -0.495 e. The Morgan fingerprint density at radius 1 is 1.24 bits per heavy atom. The zero-order valence-electron chi connectivity index (χ0n) is 15.3. The Kier molecular flexibility index (Phi) is 5.70. The van der Waals surface area contributed by atoms with Gasteiger partial charge in [-0.3, -0.25) is 4.79 Å². The third-order valence-electron chi connectivity index (χ3n) is 4.44. The number of alkyl halides is 3. The SMILES string of the molecule is COC(=O)CC1c2cccc(F)c2N=C(Cl)N1c1cc(C(F)(F)F)ccc1OC. The Balaban J connectivity index is 2.23. The molecular weight excluding hydrogens is 416 g/mol. The van der Waals surface area contributed by atoms with Crippen molar-refractivity contribution in [3.05, 3.63) is 53.3 Å². The van der Waals surface area contributed by atoms with Crippen LogP contribution in [0, 0.1) is 5.82 Å². The van der Waals surface area contributed by atoms with Gasteiger partial charge in [0.1, 0.15) is 17.3 Å². The summed E-state index contributed by atoms with van der Waals surface area (Å²) in [6.45, 7) is 0. The normalized spacial score (nSPS) is 16.2. The number of ether oxygens (including phenoxy) is 2. The molecule has 0 fully saturated rings. The van der Waals surface area contributed by atoms with E-state index in [0.29, 0.717) is 0 Å². The van der Waals surface area contributed by atoms with Gasteiger partial charge in [0, 0.05) is 5.56 Å². The van der Waals surface area contributed by atoms with Crippen molar-refractivity contribution in [3.8, 4) is 5.75 Å². The fraction of sp³-hybridized carbons (Fsp3) is 0.263. The third-order valence-corrected chi connectivity index (χ3v) is 4.71. The van der Waals surface area contributed by atoms with Crippen molar-refractivity contribution >= 4 is 34.2 Å². The topological polar surface area (TPSA) is 51.1 Å². The summed E-state index contributed by atoms with van der Waals surface area (Å²) >= 11 is 6.25. The number of fused-ring (bicyclic) bond motifs is 1. The van der Waals surface area contributed by atoms with Gasteiger partial charge in [-0.05, 0) is 35.9 Å². The minimum absolute atomic E-state index is 0.0695. The molecule has 154 valence electrons. The second-order valence-corrected chi connectivity index (χ2v) is 6.45. The van der Waals surface area contributed by atoms with Gasteiger partial charge in [0.25, 0.3) is 0 Å². The van der Waals surface area contributed by atoms with Crippen LogP contribution in [0.25, 0.3) is 0 Å². The van der Waals surface area contributed by atoms with E-state index < -0.39 is 29.6 Å². The lowest BCUT2D eigenvalue weighted by atomic mass is 9.97. The van der Waals surface area contributed by atoms with Crippen molar-refractivity contribution in [2.75, 3.05) is 19.1 Å². The Morgan fingerprint density at radius 2 is 1.97 bits per heavy atom. The van der Waals surface area contributed by atoms with Gasteiger partial charge in [-0.25, -0.2) is 9.38 Å². The smallest absolute Gasteiger partial charge is 0.416 e. The summed E-state index contributed by atoms with van der Waals surface area (Å²) in [5.74, 6) is -1.26. The molecule has 0 aliphatic carbocycles. The molecule has 1 aliphatic rings. The number of aliphatic imine (C=N–C) groups is 1. The molecule has 0 bridgehead atoms. The highest BCUT2D eigenvalue weighted by Gasteiger charge is 2.37. The third kappa shape index (κ3) is 4.00. The van der Waals surface area contributed by atoms with E-state index >= 15 is 0 Å². The van der Waals surface area contributed by atoms with Gasteiger partial charge in [0.05, 0.1) is 37.9 Å². The summed E-state index contributed by atoms with van der Waals surface area (Å²) in [6, 6.07) is 5.98. The number of hydrogen-bond donors (Lipinski definition) is 0. The second-order valence-electron chi connectivity index (χ2n) is 6.11. The van der Waals surface area contributed by atoms with Crippen LogP contribution in [0.3, 0.4) is 0 Å². The first-order valence-corrected chi connectivity index (χ1v) is 8.69. The van der Waals surface area contributed by atoms with E-state index in [4.69, 9.17) is 21.1 Å². The van der Waals surface area contributed by atoms with E-state index in [0.717, 1.165) is 18.2 Å². The van der Waals surface area contributed by atoms with Crippen molar-refractivity contribution in [2.45, 2.75) is 18.6 Å². The molecule has 29 heavy (non-hydrogen) atoms. The Bertz CT molecular complexity index is 978. The van der Waals surface area contributed by atoms with Crippen LogP contribution in [0.1, 0.15) is 23.6 Å². The first kappa shape index (κ1) is 20.9. The van der Waals surface area contributed by atoms with Gasteiger partial charge in [-0.1, -0.05) is 12.1 Å². The van der Waals surface area contributed by atoms with Crippen molar-refractivity contribution in [1.29, 1.82) is 0 Å². The quantitative estimate of drug-likeness (QED) is 0.380. The molecule has 3 rings (SSSR count). The highest BCUT2D eigenvalue weighted by atomic mass is 35.5. The fourth-order valence-electron chi connectivity index (χ4n) is 3.10. The first-order valence-electron chi connectivity index (χ1n) is 8.31. The van der Waals surface area contributed by atoms with E-state index in [9.17, 15) is 22.4 Å². The van der Waals surface area contributed by atoms with Gasteiger partial charge >= 0.3 is 12.1 Å². The van der Waals surface area contributed by atoms with Crippen molar-refractivity contribution in [1.82, 2.24) is 0 Å². The number of esters is 1. The predicted molar refractivity (Wildman–Crippen MR) is 99.2 cm³/mol. The van der Waals surface area contributed by atoms with Gasteiger partial charge in [-0.15, -0.1) is 0 Å². The molecule has 0 N–H and O–H groups in total. The van der Waals surface area contributed by atoms with Crippen LogP contribution >= 0.6 is 11.6 Å². The van der Waals surface area contributed by atoms with E-state index in [1.165, 1.54) is 37.3 Å². The summed E-state index contributed by atoms with van der Waals surface area (Å²) in [5, 5.41) is -0.311. The Labute approximate surface area is 168 Å². The number of halogens is 5. The van der Waals surface area contributed by atoms with Crippen LogP contribution in [-0.4, -0.2) is 25.5 Å². The number of carbonyl (C=O) groups is 1. The highest BCUT2D eigenvalue weighted by Crippen LogP contribution is 2.46. The summed E-state index contributed by atoms with van der Waals surface area (Å²) in [5.41, 5.74) is -0.827. The predicted octanol–water partition coefficient (Wildman–Crippen LogP) is 5.20. The minimum atomic E-state index is -4.62. The maximum atomic E-state index is 14.3. The summed E-state index contributed by atoms with van der Waals surface area (Å²) in [6.07, 6.45) is -4.93. The number of benzene rings is 2. The maximum absolute atomic E-state index is 14.3. The standard InChI is InChI=1S/C19H15ClF4N2O3/c1-28-15-7-6-10(19(22,23)24)8-14(15)26-13(9-16(27)29-2)11-4-3-5-12(21)17(11)25-18(26)20/h3-8,13H,9H2,1-2H3. The second kappa shape index (κ2) is 7.90. The number of anilines is 1. The first-order chi connectivity index (χ1) is 13.7. The molecule has 1 unspecified atom stereocenters. The molecule has 0 saturated heterocycles. The van der Waals surface area contributed by atoms with Crippen molar-refractivity contribution < 1.29 is 31.8 Å². The van der Waals surface area contributed by atoms with Crippen LogP contribution < -0.4 is 9.64 Å². The van der Waals surface area contributed by atoms with Gasteiger partial charge < -0.3 is 14.4 Å². The number of para-hydroxylation sites is 1. The van der Waals surface area contributed by atoms with Crippen LogP contribution in [0.5, 0.6) is 5.75 Å². The average Bonchev–Trinajstić information content (AvgIpc) is 2.67. The molecule has 1 heterocycles. The van der Waals surface area contributed by atoms with Crippen LogP contribution in [0.2, 0.25) is 0 Å². The molecule has 1 aliphatic heterocycles. The largest absolute Gasteiger partial charge is 0.495 e. The molecule has 2 aromatic rings. The van der Waals surface area contributed by atoms with Crippen molar-refractivity contribution in [2.24, 2.45) is 4.99 Å². The lowest BCUT2D eigenvalue weighted by molar-refractivity contribution is -0.141. The monoisotopic (exact) mass is 430 g/mol. The number of amidine groups is 1. The number of carbonyl (C=O) groups excluding carboxylic acids is 1. The Morgan fingerprint density at radius 3 is 2.59 bits per heavy atom. The molecular formula is C19H15ClF4N2O3. The van der Waals surface area contributed by atoms with E-state index in [1.54, 1.807) is 0 Å². The average molecular weight is 431 g/mol. The van der Waals surface area contributed by atoms with Gasteiger partial charge in [0.2, 0.25) is 5.29 Å². The number of hydrogen-bond acceptors (Lipinski definition) is 5. The zero-order valence-corrected chi connectivity index (χ0v) is 16.0. The lowest BCUT2D eigenvalue weighted by Gasteiger charge is -2.36. The van der Waals surface area contributed by atoms with Crippen LogP contribution in [0.4, 0.5) is 28.9 Å². The molecule has 0 radical (unpaired) electrons. The van der Waals surface area contributed by atoms with Crippen LogP contribution in [-0.2, 0) is 15.7 Å². The molecule has 0 aromatic heterocycles. The summed E-state index contributed by atoms with van der Waals surface area (Å²) < 4.78 is 64.0. The number of rotatable bonds is 4. The molecule has 10 heteroatoms. The zero-order chi connectivity index (χ0) is 21.3. The van der Waals surface area contributed by atoms with Gasteiger partial charge in [-0.2, -0.15) is 13.2 Å². The van der Waals surface area contributed by atoms with Gasteiger partial charge in [0.15, 0.2) is 0 Å². The lowest BCUT2D eigenvalue weighted by Crippen LogP contribution is -2.36. The molecule has 0 spiro atoms. The maximum Gasteiger partial charge on any atom is 0.416 e. The molecule has 0 saturated carbocycles. The number of methoxy groups -OCH3 is 2. The van der Waals surface area contributed by atoms with E-state index in [-0.39, 0.29) is 34.4 Å². The van der Waals surface area contributed by atoms with E-state index in [2.05, 4.69) is 4.99 Å². The summed E-state index contributed by atoms with van der Waals surface area (Å²) in [4.78, 5) is 17.2. The Hall–Kier alpha value is -2.81. The number of nitrogens with zero attached hydrogens (tertiary/aromatic N) is 2. The highest BCUT2D eigenvalue weighted by molar-refractivity contribution is 6.68. The molecule has 1 atom stereocenters. The molecule has 0 amide bonds.